The van der Waals surface area contributed by atoms with Gasteiger partial charge in [0.25, 0.3) is 0 Å². The van der Waals surface area contributed by atoms with Crippen molar-refractivity contribution in [3.63, 3.8) is 0 Å². The van der Waals surface area contributed by atoms with Crippen LogP contribution in [0.3, 0.4) is 0 Å². The van der Waals surface area contributed by atoms with Gasteiger partial charge in [-0.25, -0.2) is 0 Å². The Bertz CT molecular complexity index is 407. The minimum Gasteiger partial charge on any atom is -0.368 e. The minimum atomic E-state index is 0.618. The van der Waals surface area contributed by atoms with Gasteiger partial charge in [0.05, 0.1) is 0 Å². The van der Waals surface area contributed by atoms with E-state index in [4.69, 9.17) is 11.6 Å². The predicted octanol–water partition coefficient (Wildman–Crippen LogP) is 4.11. The van der Waals surface area contributed by atoms with Crippen LogP contribution in [0.1, 0.15) is 36.8 Å². The van der Waals surface area contributed by atoms with Gasteiger partial charge in [0, 0.05) is 24.2 Å². The Kier molecular flexibility index (Phi) is 3.04. The van der Waals surface area contributed by atoms with E-state index < -0.39 is 0 Å². The lowest BCUT2D eigenvalue weighted by atomic mass is 10.1. The van der Waals surface area contributed by atoms with E-state index in [0.717, 1.165) is 12.0 Å². The molecule has 0 unspecified atom stereocenters. The Morgan fingerprint density at radius 3 is 2.53 bits per heavy atom. The molecule has 92 valence electrons. The van der Waals surface area contributed by atoms with Gasteiger partial charge in [0.1, 0.15) is 0 Å². The van der Waals surface area contributed by atoms with Crippen molar-refractivity contribution < 1.29 is 0 Å². The molecular formula is C15H20ClN. The average Bonchev–Trinajstić information content (AvgIpc) is 3.18. The van der Waals surface area contributed by atoms with Gasteiger partial charge >= 0.3 is 0 Å². The van der Waals surface area contributed by atoms with Crippen LogP contribution in [-0.4, -0.2) is 12.6 Å². The summed E-state index contributed by atoms with van der Waals surface area (Å²) >= 11 is 5.89. The fourth-order valence-electron chi connectivity index (χ4n) is 2.53. The number of aryl methyl sites for hydroxylation is 1. The smallest absolute Gasteiger partial charge is 0.0474 e. The summed E-state index contributed by atoms with van der Waals surface area (Å²) in [7, 11) is 0. The molecule has 2 heteroatoms. The highest BCUT2D eigenvalue weighted by molar-refractivity contribution is 6.17. The lowest BCUT2D eigenvalue weighted by Gasteiger charge is -2.26. The molecule has 2 fully saturated rings. The third-order valence-corrected chi connectivity index (χ3v) is 4.17. The Morgan fingerprint density at radius 2 is 2.00 bits per heavy atom. The van der Waals surface area contributed by atoms with E-state index in [1.54, 1.807) is 0 Å². The molecule has 2 aliphatic carbocycles. The van der Waals surface area contributed by atoms with Crippen LogP contribution in [0, 0.1) is 12.8 Å². The average molecular weight is 250 g/mol. The Labute approximate surface area is 109 Å². The van der Waals surface area contributed by atoms with Crippen molar-refractivity contribution in [1.29, 1.82) is 0 Å². The fourth-order valence-corrected chi connectivity index (χ4v) is 2.70. The van der Waals surface area contributed by atoms with Crippen molar-refractivity contribution in [2.24, 2.45) is 5.92 Å². The summed E-state index contributed by atoms with van der Waals surface area (Å²) in [5.74, 6) is 1.58. The largest absolute Gasteiger partial charge is 0.368 e. The summed E-state index contributed by atoms with van der Waals surface area (Å²) in [6, 6.07) is 7.51. The SMILES string of the molecule is Cc1cc(CCl)ccc1N(CC1CC1)C1CC1. The van der Waals surface area contributed by atoms with E-state index in [2.05, 4.69) is 30.0 Å². The van der Waals surface area contributed by atoms with Crippen molar-refractivity contribution in [3.05, 3.63) is 29.3 Å². The maximum absolute atomic E-state index is 5.89. The number of hydrogen-bond acceptors (Lipinski definition) is 1. The van der Waals surface area contributed by atoms with E-state index in [9.17, 15) is 0 Å². The summed E-state index contributed by atoms with van der Waals surface area (Å²) in [4.78, 5) is 2.64. The van der Waals surface area contributed by atoms with Crippen molar-refractivity contribution in [2.45, 2.75) is 44.5 Å². The van der Waals surface area contributed by atoms with E-state index >= 15 is 0 Å². The highest BCUT2D eigenvalue weighted by atomic mass is 35.5. The fraction of sp³-hybridized carbons (Fsp3) is 0.600. The first kappa shape index (κ1) is 11.4. The lowest BCUT2D eigenvalue weighted by molar-refractivity contribution is 0.717. The number of anilines is 1. The first-order valence-corrected chi connectivity index (χ1v) is 7.23. The van der Waals surface area contributed by atoms with Crippen molar-refractivity contribution in [1.82, 2.24) is 0 Å². The molecule has 1 aromatic rings. The molecule has 1 nitrogen and oxygen atoms in total. The maximum atomic E-state index is 5.89. The summed E-state index contributed by atoms with van der Waals surface area (Å²) in [5, 5.41) is 0. The summed E-state index contributed by atoms with van der Waals surface area (Å²) in [5.41, 5.74) is 4.05. The highest BCUT2D eigenvalue weighted by Crippen LogP contribution is 2.38. The molecule has 0 amide bonds. The number of halogens is 1. The molecule has 0 radical (unpaired) electrons. The highest BCUT2D eigenvalue weighted by Gasteiger charge is 2.34. The Morgan fingerprint density at radius 1 is 1.24 bits per heavy atom. The van der Waals surface area contributed by atoms with E-state index in [0.29, 0.717) is 5.88 Å². The molecule has 0 N–H and O–H groups in total. The van der Waals surface area contributed by atoms with Gasteiger partial charge in [-0.3, -0.25) is 0 Å². The molecule has 0 aromatic heterocycles. The molecule has 0 atom stereocenters. The first-order chi connectivity index (χ1) is 8.28. The van der Waals surface area contributed by atoms with Crippen molar-refractivity contribution >= 4 is 17.3 Å². The lowest BCUT2D eigenvalue weighted by Crippen LogP contribution is -2.28. The zero-order chi connectivity index (χ0) is 11.8. The van der Waals surface area contributed by atoms with Crippen LogP contribution in [0.4, 0.5) is 5.69 Å². The topological polar surface area (TPSA) is 3.24 Å². The predicted molar refractivity (Wildman–Crippen MR) is 73.8 cm³/mol. The van der Waals surface area contributed by atoms with Crippen LogP contribution in [0.5, 0.6) is 0 Å². The van der Waals surface area contributed by atoms with Crippen LogP contribution in [0.25, 0.3) is 0 Å². The standard InChI is InChI=1S/C15H20ClN/c1-11-8-13(9-16)4-7-15(11)17(14-5-6-14)10-12-2-3-12/h4,7-8,12,14H,2-3,5-6,9-10H2,1H3. The Balaban J connectivity index is 1.83. The molecule has 0 heterocycles. The monoisotopic (exact) mass is 249 g/mol. The molecule has 0 spiro atoms. The molecule has 2 aliphatic rings. The van der Waals surface area contributed by atoms with Crippen LogP contribution in [0.2, 0.25) is 0 Å². The quantitative estimate of drug-likeness (QED) is 0.710. The molecule has 3 rings (SSSR count). The maximum Gasteiger partial charge on any atom is 0.0474 e. The number of hydrogen-bond donors (Lipinski definition) is 0. The Hall–Kier alpha value is -0.690. The number of benzene rings is 1. The third-order valence-electron chi connectivity index (χ3n) is 3.86. The summed E-state index contributed by atoms with van der Waals surface area (Å²) in [6.07, 6.45) is 5.62. The number of alkyl halides is 1. The zero-order valence-corrected chi connectivity index (χ0v) is 11.2. The van der Waals surface area contributed by atoms with Crippen LogP contribution in [0.15, 0.2) is 18.2 Å². The van der Waals surface area contributed by atoms with Gasteiger partial charge in [-0.15, -0.1) is 11.6 Å². The second-order valence-electron chi connectivity index (χ2n) is 5.58. The normalized spacial score (nSPS) is 19.4. The molecule has 1 aromatic carbocycles. The van der Waals surface area contributed by atoms with Gasteiger partial charge in [0.2, 0.25) is 0 Å². The molecule has 17 heavy (non-hydrogen) atoms. The van der Waals surface area contributed by atoms with Crippen LogP contribution < -0.4 is 4.90 Å². The zero-order valence-electron chi connectivity index (χ0n) is 10.5. The second kappa shape index (κ2) is 4.53. The van der Waals surface area contributed by atoms with Gasteiger partial charge in [-0.05, 0) is 55.7 Å². The van der Waals surface area contributed by atoms with E-state index in [1.807, 2.05) is 0 Å². The third kappa shape index (κ3) is 2.60. The van der Waals surface area contributed by atoms with Crippen molar-refractivity contribution in [3.8, 4) is 0 Å². The minimum absolute atomic E-state index is 0.618. The van der Waals surface area contributed by atoms with Crippen LogP contribution in [-0.2, 0) is 5.88 Å². The molecule has 0 bridgehead atoms. The van der Waals surface area contributed by atoms with Gasteiger partial charge in [-0.2, -0.15) is 0 Å². The molecule has 0 saturated heterocycles. The van der Waals surface area contributed by atoms with E-state index in [1.165, 1.54) is 49.0 Å². The summed E-state index contributed by atoms with van der Waals surface area (Å²) in [6.45, 7) is 3.49. The molecule has 0 aliphatic heterocycles. The number of nitrogens with zero attached hydrogens (tertiary/aromatic N) is 1. The molecule has 2 saturated carbocycles. The van der Waals surface area contributed by atoms with Gasteiger partial charge in [-0.1, -0.05) is 12.1 Å². The first-order valence-electron chi connectivity index (χ1n) is 6.70. The second-order valence-corrected chi connectivity index (χ2v) is 5.85. The van der Waals surface area contributed by atoms with E-state index in [-0.39, 0.29) is 0 Å². The van der Waals surface area contributed by atoms with Gasteiger partial charge in [0.15, 0.2) is 0 Å². The van der Waals surface area contributed by atoms with Crippen LogP contribution >= 0.6 is 11.6 Å². The van der Waals surface area contributed by atoms with Crippen molar-refractivity contribution in [2.75, 3.05) is 11.4 Å². The molecular weight excluding hydrogens is 230 g/mol. The van der Waals surface area contributed by atoms with Gasteiger partial charge < -0.3 is 4.90 Å². The number of rotatable bonds is 5. The summed E-state index contributed by atoms with van der Waals surface area (Å²) < 4.78 is 0.